The Hall–Kier alpha value is -4.85. The van der Waals surface area contributed by atoms with E-state index in [-0.39, 0.29) is 11.6 Å². The van der Waals surface area contributed by atoms with Gasteiger partial charge in [-0.3, -0.25) is 0 Å². The van der Waals surface area contributed by atoms with Crippen LogP contribution in [0.5, 0.6) is 11.5 Å². The Balaban J connectivity index is 1.52. The normalized spacial score (nSPS) is 13.4. The van der Waals surface area contributed by atoms with E-state index >= 15 is 0 Å². The molecule has 1 aliphatic carbocycles. The zero-order valence-electron chi connectivity index (χ0n) is 24.1. The third-order valence-electron chi connectivity index (χ3n) is 8.12. The van der Waals surface area contributed by atoms with Crippen LogP contribution in [0.2, 0.25) is 0 Å². The number of rotatable bonds is 9. The van der Waals surface area contributed by atoms with Crippen molar-refractivity contribution in [3.8, 4) is 22.9 Å². The van der Waals surface area contributed by atoms with Crippen molar-refractivity contribution in [1.29, 1.82) is 0 Å². The van der Waals surface area contributed by atoms with E-state index in [0.29, 0.717) is 23.9 Å². The van der Waals surface area contributed by atoms with Gasteiger partial charge in [0.2, 0.25) is 0 Å². The van der Waals surface area contributed by atoms with E-state index in [0.717, 1.165) is 53.7 Å². The average Bonchev–Trinajstić information content (AvgIpc) is 3.37. The lowest BCUT2D eigenvalue weighted by Crippen LogP contribution is -2.13. The topological polar surface area (TPSA) is 98.5 Å². The van der Waals surface area contributed by atoms with Gasteiger partial charge in [-0.15, -0.1) is 0 Å². The molecule has 6 rings (SSSR count). The highest BCUT2D eigenvalue weighted by atomic mass is 16.5. The SMILES string of the molecule is COc1ccc(CNc2nc(-c3ccc(C(=O)O)cc3)nc3c2c2c(n3C(C)c3ccccc3)CCCC2)cc1OC. The van der Waals surface area contributed by atoms with Crippen LogP contribution in [0.4, 0.5) is 5.82 Å². The second kappa shape index (κ2) is 11.6. The molecule has 0 bridgehead atoms. The molecule has 5 aromatic rings. The number of nitrogens with one attached hydrogen (secondary N) is 1. The highest BCUT2D eigenvalue weighted by Crippen LogP contribution is 2.40. The predicted octanol–water partition coefficient (Wildman–Crippen LogP) is 6.91. The number of benzene rings is 3. The summed E-state index contributed by atoms with van der Waals surface area (Å²) in [6.45, 7) is 2.75. The number of carbonyl (C=O) groups is 1. The lowest BCUT2D eigenvalue weighted by molar-refractivity contribution is 0.0697. The van der Waals surface area contributed by atoms with Gasteiger partial charge in [-0.2, -0.15) is 0 Å². The summed E-state index contributed by atoms with van der Waals surface area (Å²) in [6, 6.07) is 23.2. The number of carboxylic acids is 1. The van der Waals surface area contributed by atoms with Crippen LogP contribution in [-0.4, -0.2) is 39.8 Å². The number of hydrogen-bond acceptors (Lipinski definition) is 6. The number of aromatic carboxylic acids is 1. The van der Waals surface area contributed by atoms with Gasteiger partial charge in [0.25, 0.3) is 0 Å². The van der Waals surface area contributed by atoms with Crippen molar-refractivity contribution in [3.05, 3.63) is 101 Å². The van der Waals surface area contributed by atoms with Crippen LogP contribution in [0.3, 0.4) is 0 Å². The van der Waals surface area contributed by atoms with Gasteiger partial charge in [0, 0.05) is 17.8 Å². The smallest absolute Gasteiger partial charge is 0.335 e. The molecule has 1 aliphatic rings. The summed E-state index contributed by atoms with van der Waals surface area (Å²) in [5, 5.41) is 14.1. The molecule has 2 heterocycles. The van der Waals surface area contributed by atoms with Crippen molar-refractivity contribution in [2.75, 3.05) is 19.5 Å². The second-order valence-corrected chi connectivity index (χ2v) is 10.6. The maximum absolute atomic E-state index is 11.5. The number of ether oxygens (including phenoxy) is 2. The maximum Gasteiger partial charge on any atom is 0.335 e. The van der Waals surface area contributed by atoms with Crippen molar-refractivity contribution >= 4 is 22.8 Å². The predicted molar refractivity (Wildman–Crippen MR) is 164 cm³/mol. The number of anilines is 1. The fourth-order valence-electron chi connectivity index (χ4n) is 5.95. The molecule has 42 heavy (non-hydrogen) atoms. The highest BCUT2D eigenvalue weighted by Gasteiger charge is 2.28. The number of nitrogens with zero attached hydrogens (tertiary/aromatic N) is 3. The Morgan fingerprint density at radius 3 is 2.40 bits per heavy atom. The Labute approximate surface area is 245 Å². The lowest BCUT2D eigenvalue weighted by atomic mass is 9.95. The first-order valence-electron chi connectivity index (χ1n) is 14.3. The van der Waals surface area contributed by atoms with Gasteiger partial charge in [0.05, 0.1) is 31.2 Å². The summed E-state index contributed by atoms with van der Waals surface area (Å²) in [7, 11) is 3.26. The molecule has 214 valence electrons. The molecule has 0 aliphatic heterocycles. The highest BCUT2D eigenvalue weighted by molar-refractivity contribution is 5.94. The summed E-state index contributed by atoms with van der Waals surface area (Å²) in [6.07, 6.45) is 4.22. The fourth-order valence-corrected chi connectivity index (χ4v) is 5.95. The molecule has 8 nitrogen and oxygen atoms in total. The van der Waals surface area contributed by atoms with Crippen LogP contribution in [-0.2, 0) is 19.4 Å². The largest absolute Gasteiger partial charge is 0.493 e. The van der Waals surface area contributed by atoms with Crippen molar-refractivity contribution in [2.45, 2.75) is 45.2 Å². The Morgan fingerprint density at radius 1 is 0.952 bits per heavy atom. The van der Waals surface area contributed by atoms with E-state index in [9.17, 15) is 9.90 Å². The van der Waals surface area contributed by atoms with Crippen LogP contribution >= 0.6 is 0 Å². The molecule has 2 aromatic heterocycles. The van der Waals surface area contributed by atoms with Crippen molar-refractivity contribution in [1.82, 2.24) is 14.5 Å². The molecule has 8 heteroatoms. The lowest BCUT2D eigenvalue weighted by Gasteiger charge is -2.21. The number of methoxy groups -OCH3 is 2. The van der Waals surface area contributed by atoms with Gasteiger partial charge in [-0.25, -0.2) is 14.8 Å². The van der Waals surface area contributed by atoms with Crippen molar-refractivity contribution < 1.29 is 19.4 Å². The molecule has 0 radical (unpaired) electrons. The van der Waals surface area contributed by atoms with Crippen LogP contribution in [0.1, 0.15) is 58.5 Å². The fraction of sp³-hybridized carbons (Fsp3) is 0.265. The van der Waals surface area contributed by atoms with Crippen LogP contribution < -0.4 is 14.8 Å². The Bertz CT molecular complexity index is 1750. The molecule has 2 N–H and O–H groups in total. The molecule has 1 atom stereocenters. The molecule has 0 saturated carbocycles. The van der Waals surface area contributed by atoms with E-state index < -0.39 is 5.97 Å². The zero-order chi connectivity index (χ0) is 29.2. The number of aromatic nitrogens is 3. The van der Waals surface area contributed by atoms with E-state index in [4.69, 9.17) is 19.4 Å². The molecule has 0 saturated heterocycles. The molecule has 0 fully saturated rings. The minimum Gasteiger partial charge on any atom is -0.493 e. The first-order chi connectivity index (χ1) is 20.5. The maximum atomic E-state index is 11.5. The monoisotopic (exact) mass is 562 g/mol. The standard InChI is InChI=1S/C34H34N4O4/c1-21(23-9-5-4-6-10-23)38-27-12-8-7-11-26(27)30-32(35-20-22-13-18-28(41-2)29(19-22)42-3)36-31(37-33(30)38)24-14-16-25(17-15-24)34(39)40/h4-6,9-10,13-19,21H,7-8,11-12,20H2,1-3H3,(H,39,40)(H,35,36,37). The van der Waals surface area contributed by atoms with Gasteiger partial charge < -0.3 is 24.5 Å². The minimum atomic E-state index is -0.964. The molecule has 0 spiro atoms. The summed E-state index contributed by atoms with van der Waals surface area (Å²) >= 11 is 0. The minimum absolute atomic E-state index is 0.0754. The molecule has 1 unspecified atom stereocenters. The van der Waals surface area contributed by atoms with Crippen LogP contribution in [0.25, 0.3) is 22.4 Å². The average molecular weight is 563 g/mol. The number of carboxylic acid groups (broad SMARTS) is 1. The first-order valence-corrected chi connectivity index (χ1v) is 14.3. The van der Waals surface area contributed by atoms with E-state index in [1.807, 2.05) is 24.3 Å². The second-order valence-electron chi connectivity index (χ2n) is 10.6. The summed E-state index contributed by atoms with van der Waals surface area (Å²) in [5.74, 6) is 1.70. The van der Waals surface area contributed by atoms with Crippen LogP contribution in [0, 0.1) is 0 Å². The van der Waals surface area contributed by atoms with Gasteiger partial charge in [0.15, 0.2) is 17.3 Å². The van der Waals surface area contributed by atoms with Crippen molar-refractivity contribution in [2.24, 2.45) is 0 Å². The van der Waals surface area contributed by atoms with Crippen LogP contribution in [0.15, 0.2) is 72.8 Å². The van der Waals surface area contributed by atoms with E-state index in [1.165, 1.54) is 16.8 Å². The quantitative estimate of drug-likeness (QED) is 0.201. The summed E-state index contributed by atoms with van der Waals surface area (Å²) < 4.78 is 13.3. The Kier molecular flexibility index (Phi) is 7.52. The number of aryl methyl sites for hydroxylation is 1. The molecule has 0 amide bonds. The zero-order valence-corrected chi connectivity index (χ0v) is 24.1. The third-order valence-corrected chi connectivity index (χ3v) is 8.12. The molecule has 3 aromatic carbocycles. The molecular formula is C34H34N4O4. The molecular weight excluding hydrogens is 528 g/mol. The summed E-state index contributed by atoms with van der Waals surface area (Å²) in [4.78, 5) is 21.7. The third kappa shape index (κ3) is 5.04. The van der Waals surface area contributed by atoms with Gasteiger partial charge in [0.1, 0.15) is 11.5 Å². The number of fused-ring (bicyclic) bond motifs is 3. The summed E-state index contributed by atoms with van der Waals surface area (Å²) in [5.41, 5.74) is 6.74. The Morgan fingerprint density at radius 2 is 1.69 bits per heavy atom. The van der Waals surface area contributed by atoms with Gasteiger partial charge >= 0.3 is 5.97 Å². The van der Waals surface area contributed by atoms with Crippen molar-refractivity contribution in [3.63, 3.8) is 0 Å². The van der Waals surface area contributed by atoms with E-state index in [1.54, 1.807) is 38.5 Å². The van der Waals surface area contributed by atoms with Gasteiger partial charge in [-0.05, 0) is 73.6 Å². The van der Waals surface area contributed by atoms with E-state index in [2.05, 4.69) is 41.1 Å². The van der Waals surface area contributed by atoms with Gasteiger partial charge in [-0.1, -0.05) is 48.5 Å². The number of hydrogen-bond donors (Lipinski definition) is 2. The first kappa shape index (κ1) is 27.3.